The summed E-state index contributed by atoms with van der Waals surface area (Å²) in [5.74, 6) is -0.214. The molecular formula is C20H22N4O. The van der Waals surface area contributed by atoms with Crippen molar-refractivity contribution in [3.63, 3.8) is 0 Å². The summed E-state index contributed by atoms with van der Waals surface area (Å²) in [6.07, 6.45) is 0. The summed E-state index contributed by atoms with van der Waals surface area (Å²) >= 11 is 0. The first-order valence-corrected chi connectivity index (χ1v) is 8.29. The molecule has 1 N–H and O–H groups in total. The van der Waals surface area contributed by atoms with Crippen LogP contribution in [0.3, 0.4) is 0 Å². The summed E-state index contributed by atoms with van der Waals surface area (Å²) in [6.45, 7) is 8.44. The monoisotopic (exact) mass is 334 g/mol. The van der Waals surface area contributed by atoms with E-state index >= 15 is 0 Å². The Morgan fingerprint density at radius 1 is 0.960 bits per heavy atom. The molecule has 3 rings (SSSR count). The lowest BCUT2D eigenvalue weighted by Gasteiger charge is -2.07. The summed E-state index contributed by atoms with van der Waals surface area (Å²) in [5, 5.41) is 11.1. The molecule has 0 saturated carbocycles. The lowest BCUT2D eigenvalue weighted by atomic mass is 10.1. The molecule has 0 atom stereocenters. The Bertz CT molecular complexity index is 890. The van der Waals surface area contributed by atoms with E-state index in [1.54, 1.807) is 4.68 Å². The summed E-state index contributed by atoms with van der Waals surface area (Å²) in [7, 11) is 0. The average molecular weight is 334 g/mol. The standard InChI is InChI=1S/C20H22N4O/c1-13-5-7-17(8-6-13)12-21-20(25)19-16(4)24(23-22-19)18-10-14(2)9-15(3)11-18/h5-11H,12H2,1-4H3,(H,21,25). The van der Waals surface area contributed by atoms with Crippen LogP contribution in [0.4, 0.5) is 0 Å². The molecule has 0 unspecified atom stereocenters. The first-order valence-electron chi connectivity index (χ1n) is 8.29. The van der Waals surface area contributed by atoms with Crippen LogP contribution in [-0.2, 0) is 6.54 Å². The molecule has 0 radical (unpaired) electrons. The molecule has 5 nitrogen and oxygen atoms in total. The fraction of sp³-hybridized carbons (Fsp3) is 0.250. The number of aromatic nitrogens is 3. The first kappa shape index (κ1) is 16.9. The van der Waals surface area contributed by atoms with Crippen molar-refractivity contribution in [2.45, 2.75) is 34.2 Å². The predicted octanol–water partition coefficient (Wildman–Crippen LogP) is 3.43. The second-order valence-corrected chi connectivity index (χ2v) is 6.45. The van der Waals surface area contributed by atoms with Gasteiger partial charge in [0, 0.05) is 6.54 Å². The van der Waals surface area contributed by atoms with E-state index in [0.29, 0.717) is 12.2 Å². The van der Waals surface area contributed by atoms with Crippen LogP contribution < -0.4 is 5.32 Å². The molecule has 128 valence electrons. The van der Waals surface area contributed by atoms with Gasteiger partial charge in [0.05, 0.1) is 11.4 Å². The maximum absolute atomic E-state index is 12.5. The number of nitrogens with zero attached hydrogens (tertiary/aromatic N) is 3. The minimum Gasteiger partial charge on any atom is -0.347 e. The van der Waals surface area contributed by atoms with Gasteiger partial charge in [-0.15, -0.1) is 5.10 Å². The van der Waals surface area contributed by atoms with Crippen molar-refractivity contribution in [1.82, 2.24) is 20.3 Å². The lowest BCUT2D eigenvalue weighted by Crippen LogP contribution is -2.24. The third kappa shape index (κ3) is 3.76. The van der Waals surface area contributed by atoms with E-state index in [0.717, 1.165) is 28.1 Å². The highest BCUT2D eigenvalue weighted by Gasteiger charge is 2.17. The van der Waals surface area contributed by atoms with E-state index in [1.165, 1.54) is 5.56 Å². The van der Waals surface area contributed by atoms with Gasteiger partial charge in [0.25, 0.3) is 5.91 Å². The van der Waals surface area contributed by atoms with Crippen molar-refractivity contribution >= 4 is 5.91 Å². The van der Waals surface area contributed by atoms with Gasteiger partial charge in [-0.3, -0.25) is 4.79 Å². The van der Waals surface area contributed by atoms with Crippen LogP contribution in [0.5, 0.6) is 0 Å². The van der Waals surface area contributed by atoms with Gasteiger partial charge in [-0.1, -0.05) is 41.1 Å². The largest absolute Gasteiger partial charge is 0.347 e. The van der Waals surface area contributed by atoms with E-state index in [4.69, 9.17) is 0 Å². The van der Waals surface area contributed by atoms with Crippen LogP contribution in [0.25, 0.3) is 5.69 Å². The lowest BCUT2D eigenvalue weighted by molar-refractivity contribution is 0.0945. The Hall–Kier alpha value is -2.95. The molecule has 0 aliphatic rings. The molecule has 1 heterocycles. The third-order valence-electron chi connectivity index (χ3n) is 4.13. The van der Waals surface area contributed by atoms with Crippen molar-refractivity contribution in [2.24, 2.45) is 0 Å². The molecule has 1 amide bonds. The highest BCUT2D eigenvalue weighted by molar-refractivity contribution is 5.93. The van der Waals surface area contributed by atoms with E-state index in [1.807, 2.05) is 64.1 Å². The fourth-order valence-corrected chi connectivity index (χ4v) is 2.83. The number of carbonyl (C=O) groups is 1. The second kappa shape index (κ2) is 6.89. The third-order valence-corrected chi connectivity index (χ3v) is 4.13. The van der Waals surface area contributed by atoms with E-state index < -0.39 is 0 Å². The number of hydrogen-bond acceptors (Lipinski definition) is 3. The molecule has 25 heavy (non-hydrogen) atoms. The SMILES string of the molecule is Cc1ccc(CNC(=O)c2nnn(-c3cc(C)cc(C)c3)c2C)cc1. The van der Waals surface area contributed by atoms with Gasteiger partial charge in [0.1, 0.15) is 0 Å². The number of amides is 1. The molecule has 0 spiro atoms. The molecule has 2 aromatic carbocycles. The summed E-state index contributed by atoms with van der Waals surface area (Å²) in [4.78, 5) is 12.5. The smallest absolute Gasteiger partial charge is 0.274 e. The minimum atomic E-state index is -0.214. The zero-order chi connectivity index (χ0) is 18.0. The van der Waals surface area contributed by atoms with Gasteiger partial charge in [0.15, 0.2) is 5.69 Å². The fourth-order valence-electron chi connectivity index (χ4n) is 2.83. The number of aryl methyl sites for hydroxylation is 3. The van der Waals surface area contributed by atoms with Crippen molar-refractivity contribution in [3.8, 4) is 5.69 Å². The Kier molecular flexibility index (Phi) is 4.65. The minimum absolute atomic E-state index is 0.214. The van der Waals surface area contributed by atoms with Crippen molar-refractivity contribution < 1.29 is 4.79 Å². The van der Waals surface area contributed by atoms with E-state index in [2.05, 4.69) is 21.7 Å². The van der Waals surface area contributed by atoms with Gasteiger partial charge in [-0.25, -0.2) is 4.68 Å². The van der Waals surface area contributed by atoms with Crippen molar-refractivity contribution in [2.75, 3.05) is 0 Å². The van der Waals surface area contributed by atoms with Gasteiger partial charge < -0.3 is 5.32 Å². The van der Waals surface area contributed by atoms with Crippen LogP contribution >= 0.6 is 0 Å². The maximum Gasteiger partial charge on any atom is 0.274 e. The zero-order valence-corrected chi connectivity index (χ0v) is 15.0. The number of carbonyl (C=O) groups excluding carboxylic acids is 1. The number of nitrogens with one attached hydrogen (secondary N) is 1. The van der Waals surface area contributed by atoms with Crippen molar-refractivity contribution in [3.05, 3.63) is 76.1 Å². The normalized spacial score (nSPS) is 10.7. The molecule has 0 aliphatic carbocycles. The topological polar surface area (TPSA) is 59.8 Å². The van der Waals surface area contributed by atoms with Crippen molar-refractivity contribution in [1.29, 1.82) is 0 Å². The second-order valence-electron chi connectivity index (χ2n) is 6.45. The van der Waals surface area contributed by atoms with E-state index in [-0.39, 0.29) is 5.91 Å². The number of rotatable bonds is 4. The highest BCUT2D eigenvalue weighted by Crippen LogP contribution is 2.16. The molecule has 3 aromatic rings. The zero-order valence-electron chi connectivity index (χ0n) is 15.0. The average Bonchev–Trinajstić information content (AvgIpc) is 2.95. The predicted molar refractivity (Wildman–Crippen MR) is 97.9 cm³/mol. The van der Waals surface area contributed by atoms with Crippen LogP contribution in [0.1, 0.15) is 38.4 Å². The van der Waals surface area contributed by atoms with Gasteiger partial charge >= 0.3 is 0 Å². The molecule has 0 aliphatic heterocycles. The number of benzene rings is 2. The Morgan fingerprint density at radius 3 is 2.24 bits per heavy atom. The highest BCUT2D eigenvalue weighted by atomic mass is 16.2. The summed E-state index contributed by atoms with van der Waals surface area (Å²) in [5.41, 5.74) is 6.55. The van der Waals surface area contributed by atoms with Crippen LogP contribution in [0.15, 0.2) is 42.5 Å². The summed E-state index contributed by atoms with van der Waals surface area (Å²) < 4.78 is 1.71. The Balaban J connectivity index is 1.78. The van der Waals surface area contributed by atoms with Crippen LogP contribution in [-0.4, -0.2) is 20.9 Å². The van der Waals surface area contributed by atoms with Crippen LogP contribution in [0.2, 0.25) is 0 Å². The molecule has 1 aromatic heterocycles. The maximum atomic E-state index is 12.5. The number of hydrogen-bond donors (Lipinski definition) is 1. The van der Waals surface area contributed by atoms with Gasteiger partial charge in [0.2, 0.25) is 0 Å². The quantitative estimate of drug-likeness (QED) is 0.795. The van der Waals surface area contributed by atoms with Gasteiger partial charge in [-0.2, -0.15) is 0 Å². The Morgan fingerprint density at radius 2 is 1.60 bits per heavy atom. The molecule has 5 heteroatoms. The summed E-state index contributed by atoms with van der Waals surface area (Å²) in [6, 6.07) is 14.2. The molecule has 0 saturated heterocycles. The Labute approximate surface area is 147 Å². The van der Waals surface area contributed by atoms with E-state index in [9.17, 15) is 4.79 Å². The van der Waals surface area contributed by atoms with Crippen LogP contribution in [0, 0.1) is 27.7 Å². The van der Waals surface area contributed by atoms with Gasteiger partial charge in [-0.05, 0) is 56.5 Å². The first-order chi connectivity index (χ1) is 11.9. The molecular weight excluding hydrogens is 312 g/mol. The molecule has 0 bridgehead atoms. The molecule has 0 fully saturated rings.